The molecule has 0 bridgehead atoms. The van der Waals surface area contributed by atoms with Crippen molar-refractivity contribution in [1.29, 1.82) is 0 Å². The Morgan fingerprint density at radius 1 is 1.29 bits per heavy atom. The Balaban J connectivity index is 2.06. The molecule has 0 radical (unpaired) electrons. The Morgan fingerprint density at radius 2 is 2.00 bits per heavy atom. The predicted molar refractivity (Wildman–Crippen MR) is 65.4 cm³/mol. The fourth-order valence-corrected chi connectivity index (χ4v) is 1.44. The van der Waals surface area contributed by atoms with Gasteiger partial charge in [0.2, 0.25) is 0 Å². The van der Waals surface area contributed by atoms with E-state index in [9.17, 15) is 4.39 Å². The van der Waals surface area contributed by atoms with Gasteiger partial charge in [-0.2, -0.15) is 0 Å². The van der Waals surface area contributed by atoms with Crippen molar-refractivity contribution in [2.45, 2.75) is 25.8 Å². The van der Waals surface area contributed by atoms with Crippen molar-refractivity contribution in [3.8, 4) is 0 Å². The maximum atomic E-state index is 12.6. The van der Waals surface area contributed by atoms with E-state index < -0.39 is 0 Å². The minimum Gasteiger partial charge on any atom is -0.409 e. The van der Waals surface area contributed by atoms with Crippen LogP contribution in [0.3, 0.4) is 0 Å². The standard InChI is InChI=1S/C12H18FN3O/c13-11-6-4-10(5-7-11)9-15-8-2-1-3-12(14)16-17/h4-7,15,17H,1-3,8-9H2,(H2,14,16). The second-order valence-corrected chi connectivity index (χ2v) is 3.85. The Labute approximate surface area is 100 Å². The molecule has 0 aromatic heterocycles. The first kappa shape index (κ1) is 13.4. The van der Waals surface area contributed by atoms with Crippen LogP contribution in [0.25, 0.3) is 0 Å². The number of nitrogens with two attached hydrogens (primary N) is 1. The molecule has 0 aliphatic carbocycles. The van der Waals surface area contributed by atoms with Gasteiger partial charge in [-0.15, -0.1) is 0 Å². The van der Waals surface area contributed by atoms with Crippen LogP contribution in [-0.2, 0) is 6.54 Å². The molecule has 0 saturated carbocycles. The SMILES string of the molecule is N/C(CCCCNCc1ccc(F)cc1)=N\O. The van der Waals surface area contributed by atoms with Crippen molar-refractivity contribution in [3.63, 3.8) is 0 Å². The van der Waals surface area contributed by atoms with Crippen molar-refractivity contribution in [3.05, 3.63) is 35.6 Å². The Morgan fingerprint density at radius 3 is 2.65 bits per heavy atom. The molecule has 0 saturated heterocycles. The van der Waals surface area contributed by atoms with E-state index >= 15 is 0 Å². The molecule has 0 unspecified atom stereocenters. The zero-order valence-electron chi connectivity index (χ0n) is 9.69. The molecule has 4 N–H and O–H groups in total. The molecule has 17 heavy (non-hydrogen) atoms. The van der Waals surface area contributed by atoms with Crippen LogP contribution in [0.1, 0.15) is 24.8 Å². The number of benzene rings is 1. The van der Waals surface area contributed by atoms with E-state index in [-0.39, 0.29) is 11.7 Å². The Bertz CT molecular complexity index is 351. The summed E-state index contributed by atoms with van der Waals surface area (Å²) in [6.07, 6.45) is 2.44. The topological polar surface area (TPSA) is 70.6 Å². The van der Waals surface area contributed by atoms with Crippen LogP contribution in [0.2, 0.25) is 0 Å². The molecule has 0 spiro atoms. The van der Waals surface area contributed by atoms with Gasteiger partial charge in [-0.25, -0.2) is 4.39 Å². The number of halogens is 1. The highest BCUT2D eigenvalue weighted by Gasteiger charge is 1.95. The fourth-order valence-electron chi connectivity index (χ4n) is 1.44. The lowest BCUT2D eigenvalue weighted by molar-refractivity contribution is 0.316. The molecule has 4 nitrogen and oxygen atoms in total. The molecule has 1 rings (SSSR count). The summed E-state index contributed by atoms with van der Waals surface area (Å²) in [5.41, 5.74) is 6.40. The molecule has 0 aliphatic heterocycles. The number of nitrogens with zero attached hydrogens (tertiary/aromatic N) is 1. The number of rotatable bonds is 7. The van der Waals surface area contributed by atoms with E-state index in [4.69, 9.17) is 10.9 Å². The largest absolute Gasteiger partial charge is 0.409 e. The Kier molecular flexibility index (Phi) is 6.03. The highest BCUT2D eigenvalue weighted by atomic mass is 19.1. The predicted octanol–water partition coefficient (Wildman–Crippen LogP) is 1.83. The average Bonchev–Trinajstić information content (AvgIpc) is 2.35. The summed E-state index contributed by atoms with van der Waals surface area (Å²) in [7, 11) is 0. The van der Waals surface area contributed by atoms with Gasteiger partial charge in [-0.1, -0.05) is 17.3 Å². The van der Waals surface area contributed by atoms with Gasteiger partial charge in [0, 0.05) is 13.0 Å². The van der Waals surface area contributed by atoms with Crippen LogP contribution in [0.15, 0.2) is 29.4 Å². The summed E-state index contributed by atoms with van der Waals surface area (Å²) in [5.74, 6) is 0.0519. The smallest absolute Gasteiger partial charge is 0.139 e. The van der Waals surface area contributed by atoms with Gasteiger partial charge in [-0.3, -0.25) is 0 Å². The van der Waals surface area contributed by atoms with Crippen molar-refractivity contribution >= 4 is 5.84 Å². The van der Waals surface area contributed by atoms with E-state index in [2.05, 4.69) is 10.5 Å². The van der Waals surface area contributed by atoms with Crippen LogP contribution in [-0.4, -0.2) is 17.6 Å². The molecule has 1 aromatic carbocycles. The van der Waals surface area contributed by atoms with Crippen LogP contribution in [0.4, 0.5) is 4.39 Å². The van der Waals surface area contributed by atoms with Crippen LogP contribution >= 0.6 is 0 Å². The number of hydrogen-bond donors (Lipinski definition) is 3. The van der Waals surface area contributed by atoms with E-state index in [1.54, 1.807) is 12.1 Å². The van der Waals surface area contributed by atoms with Gasteiger partial charge in [0.05, 0.1) is 0 Å². The maximum Gasteiger partial charge on any atom is 0.139 e. The lowest BCUT2D eigenvalue weighted by Gasteiger charge is -2.04. The van der Waals surface area contributed by atoms with Crippen LogP contribution in [0, 0.1) is 5.82 Å². The number of unbranched alkanes of at least 4 members (excludes halogenated alkanes) is 1. The molecule has 5 heteroatoms. The second kappa shape index (κ2) is 7.62. The molecule has 0 fully saturated rings. The van der Waals surface area contributed by atoms with Crippen molar-refractivity contribution in [2.24, 2.45) is 10.9 Å². The lowest BCUT2D eigenvalue weighted by Crippen LogP contribution is -2.16. The average molecular weight is 239 g/mol. The van der Waals surface area contributed by atoms with E-state index in [1.807, 2.05) is 0 Å². The third-order valence-electron chi connectivity index (χ3n) is 2.41. The molecular formula is C12H18FN3O. The van der Waals surface area contributed by atoms with E-state index in [0.29, 0.717) is 6.42 Å². The number of hydrogen-bond acceptors (Lipinski definition) is 3. The molecule has 94 valence electrons. The molecule has 1 aromatic rings. The summed E-state index contributed by atoms with van der Waals surface area (Å²) in [6, 6.07) is 6.43. The summed E-state index contributed by atoms with van der Waals surface area (Å²) < 4.78 is 12.6. The lowest BCUT2D eigenvalue weighted by atomic mass is 10.2. The summed E-state index contributed by atoms with van der Waals surface area (Å²) in [4.78, 5) is 0. The van der Waals surface area contributed by atoms with E-state index in [0.717, 1.165) is 31.5 Å². The van der Waals surface area contributed by atoms with Crippen molar-refractivity contribution in [2.75, 3.05) is 6.54 Å². The third kappa shape index (κ3) is 5.87. The number of amidine groups is 1. The van der Waals surface area contributed by atoms with Crippen molar-refractivity contribution in [1.82, 2.24) is 5.32 Å². The molecule has 0 heterocycles. The molecular weight excluding hydrogens is 221 g/mol. The zero-order chi connectivity index (χ0) is 12.5. The number of oxime groups is 1. The first-order valence-corrected chi connectivity index (χ1v) is 5.64. The fraction of sp³-hybridized carbons (Fsp3) is 0.417. The van der Waals surface area contributed by atoms with Gasteiger partial charge in [0.25, 0.3) is 0 Å². The summed E-state index contributed by atoms with van der Waals surface area (Å²) >= 11 is 0. The second-order valence-electron chi connectivity index (χ2n) is 3.85. The first-order valence-electron chi connectivity index (χ1n) is 5.64. The van der Waals surface area contributed by atoms with Gasteiger partial charge in [0.1, 0.15) is 11.7 Å². The molecule has 0 amide bonds. The van der Waals surface area contributed by atoms with Crippen LogP contribution in [0.5, 0.6) is 0 Å². The monoisotopic (exact) mass is 239 g/mol. The minimum atomic E-state index is -0.215. The quantitative estimate of drug-likeness (QED) is 0.223. The summed E-state index contributed by atoms with van der Waals surface area (Å²) in [5, 5.41) is 14.5. The van der Waals surface area contributed by atoms with Crippen LogP contribution < -0.4 is 11.1 Å². The molecule has 0 atom stereocenters. The summed E-state index contributed by atoms with van der Waals surface area (Å²) in [6.45, 7) is 1.58. The normalized spacial score (nSPS) is 11.7. The minimum absolute atomic E-state index is 0.215. The number of nitrogens with one attached hydrogen (secondary N) is 1. The highest BCUT2D eigenvalue weighted by molar-refractivity contribution is 5.79. The first-order chi connectivity index (χ1) is 8.22. The van der Waals surface area contributed by atoms with Gasteiger partial charge < -0.3 is 16.3 Å². The van der Waals surface area contributed by atoms with Crippen molar-refractivity contribution < 1.29 is 9.60 Å². The third-order valence-corrected chi connectivity index (χ3v) is 2.41. The van der Waals surface area contributed by atoms with Gasteiger partial charge >= 0.3 is 0 Å². The van der Waals surface area contributed by atoms with Gasteiger partial charge in [0.15, 0.2) is 0 Å². The highest BCUT2D eigenvalue weighted by Crippen LogP contribution is 2.02. The van der Waals surface area contributed by atoms with Gasteiger partial charge in [-0.05, 0) is 37.1 Å². The maximum absolute atomic E-state index is 12.6. The molecule has 0 aliphatic rings. The Hall–Kier alpha value is -1.62. The zero-order valence-corrected chi connectivity index (χ0v) is 9.69. The van der Waals surface area contributed by atoms with E-state index in [1.165, 1.54) is 12.1 Å².